The average Bonchev–Trinajstić information content (AvgIpc) is 3.45. The van der Waals surface area contributed by atoms with E-state index in [0.717, 1.165) is 41.9 Å². The largest absolute Gasteiger partial charge is 0.366 e. The van der Waals surface area contributed by atoms with Crippen molar-refractivity contribution >= 4 is 22.6 Å². The van der Waals surface area contributed by atoms with Crippen LogP contribution in [-0.2, 0) is 0 Å². The number of fused-ring (bicyclic) bond motifs is 3. The molecule has 1 aliphatic carbocycles. The first-order valence-electron chi connectivity index (χ1n) is 9.42. The minimum atomic E-state index is 0.271. The van der Waals surface area contributed by atoms with Crippen LogP contribution in [0.4, 0.5) is 5.82 Å². The third-order valence-corrected chi connectivity index (χ3v) is 5.64. The van der Waals surface area contributed by atoms with Crippen LogP contribution in [0.3, 0.4) is 0 Å². The number of aromatic amines is 1. The zero-order valence-electron chi connectivity index (χ0n) is 15.4. The number of H-pyrrole nitrogens is 1. The van der Waals surface area contributed by atoms with Crippen LogP contribution in [0.15, 0.2) is 30.9 Å². The van der Waals surface area contributed by atoms with E-state index in [9.17, 15) is 0 Å². The number of anilines is 1. The molecule has 1 saturated carbocycles. The Morgan fingerprint density at radius 3 is 2.93 bits per heavy atom. The van der Waals surface area contributed by atoms with Gasteiger partial charge in [0.1, 0.15) is 17.7 Å². The predicted octanol–water partition coefficient (Wildman–Crippen LogP) is 2.65. The van der Waals surface area contributed by atoms with Gasteiger partial charge in [0.05, 0.1) is 24.1 Å². The van der Waals surface area contributed by atoms with E-state index in [4.69, 9.17) is 5.26 Å². The predicted molar refractivity (Wildman–Crippen MR) is 103 cm³/mol. The molecule has 4 aromatic heterocycles. The van der Waals surface area contributed by atoms with Gasteiger partial charge in [0.15, 0.2) is 17.0 Å². The summed E-state index contributed by atoms with van der Waals surface area (Å²) in [5.41, 5.74) is 2.93. The average molecular weight is 373 g/mol. The number of rotatable bonds is 4. The van der Waals surface area contributed by atoms with Gasteiger partial charge in [-0.15, -0.1) is 10.2 Å². The van der Waals surface area contributed by atoms with Crippen molar-refractivity contribution in [3.63, 3.8) is 0 Å². The zero-order chi connectivity index (χ0) is 19.1. The van der Waals surface area contributed by atoms with Gasteiger partial charge in [-0.1, -0.05) is 13.3 Å². The molecule has 0 amide bonds. The first kappa shape index (κ1) is 16.6. The summed E-state index contributed by atoms with van der Waals surface area (Å²) in [7, 11) is 0. The Kier molecular flexibility index (Phi) is 3.90. The van der Waals surface area contributed by atoms with Crippen LogP contribution in [0.2, 0.25) is 0 Å². The van der Waals surface area contributed by atoms with E-state index < -0.39 is 0 Å². The Morgan fingerprint density at radius 1 is 1.21 bits per heavy atom. The van der Waals surface area contributed by atoms with Gasteiger partial charge in [0.2, 0.25) is 0 Å². The molecule has 0 aliphatic heterocycles. The van der Waals surface area contributed by atoms with Gasteiger partial charge in [0, 0.05) is 18.2 Å². The van der Waals surface area contributed by atoms with E-state index in [2.05, 4.69) is 46.8 Å². The minimum Gasteiger partial charge on any atom is -0.366 e. The van der Waals surface area contributed by atoms with Crippen molar-refractivity contribution < 1.29 is 0 Å². The van der Waals surface area contributed by atoms with Gasteiger partial charge in [-0.3, -0.25) is 4.40 Å². The molecular formula is C19H19N9. The molecular weight excluding hydrogens is 354 g/mol. The lowest BCUT2D eigenvalue weighted by Crippen LogP contribution is -2.17. The van der Waals surface area contributed by atoms with Crippen LogP contribution in [0.5, 0.6) is 0 Å². The normalized spacial score (nSPS) is 21.9. The van der Waals surface area contributed by atoms with E-state index in [0.29, 0.717) is 23.3 Å². The number of nitriles is 1. The lowest BCUT2D eigenvalue weighted by Gasteiger charge is -2.15. The molecule has 9 nitrogen and oxygen atoms in total. The quantitative estimate of drug-likeness (QED) is 0.564. The molecule has 4 heterocycles. The van der Waals surface area contributed by atoms with Crippen molar-refractivity contribution in [3.05, 3.63) is 42.4 Å². The third kappa shape index (κ3) is 2.65. The van der Waals surface area contributed by atoms with Crippen molar-refractivity contribution in [2.45, 2.75) is 38.1 Å². The summed E-state index contributed by atoms with van der Waals surface area (Å²) in [6, 6.07) is 4.28. The number of nitrogens with zero attached hydrogens (tertiary/aromatic N) is 7. The monoisotopic (exact) mass is 373 g/mol. The second kappa shape index (κ2) is 6.56. The molecule has 9 heteroatoms. The molecule has 0 saturated heterocycles. The topological polar surface area (TPSA) is 120 Å². The Hall–Kier alpha value is -3.54. The van der Waals surface area contributed by atoms with E-state index in [-0.39, 0.29) is 6.04 Å². The molecule has 140 valence electrons. The zero-order valence-corrected chi connectivity index (χ0v) is 15.4. The van der Waals surface area contributed by atoms with Crippen molar-refractivity contribution in [1.82, 2.24) is 34.5 Å². The number of hydrogen-bond donors (Lipinski definition) is 2. The van der Waals surface area contributed by atoms with E-state index in [1.807, 2.05) is 18.3 Å². The van der Waals surface area contributed by atoms with Gasteiger partial charge < -0.3 is 10.3 Å². The molecule has 28 heavy (non-hydrogen) atoms. The van der Waals surface area contributed by atoms with Gasteiger partial charge in [-0.2, -0.15) is 5.26 Å². The van der Waals surface area contributed by atoms with Gasteiger partial charge >= 0.3 is 0 Å². The highest BCUT2D eigenvalue weighted by atomic mass is 15.3. The Bertz CT molecular complexity index is 1170. The number of hydrogen-bond acceptors (Lipinski definition) is 7. The standard InChI is InChI=1S/C19H19N9/c1-2-11-5-12(25-16-9-22-13(7-20)8-23-16)6-14(11)19-27-26-17-10-24-18-15(28(17)19)3-4-21-18/h3-4,8-12,14,21H,2,5-6H2,1H3,(H,23,25)/t11-,12+,14-/m0/s1. The molecule has 0 bridgehead atoms. The van der Waals surface area contributed by atoms with E-state index in [1.165, 1.54) is 6.20 Å². The van der Waals surface area contributed by atoms with Crippen LogP contribution < -0.4 is 5.32 Å². The summed E-state index contributed by atoms with van der Waals surface area (Å²) in [6.45, 7) is 2.22. The highest BCUT2D eigenvalue weighted by Crippen LogP contribution is 2.42. The van der Waals surface area contributed by atoms with Crippen LogP contribution in [0, 0.1) is 17.2 Å². The maximum absolute atomic E-state index is 8.87. The first-order valence-corrected chi connectivity index (χ1v) is 9.42. The Morgan fingerprint density at radius 2 is 2.14 bits per heavy atom. The Labute approximate surface area is 160 Å². The summed E-state index contributed by atoms with van der Waals surface area (Å²) in [5.74, 6) is 2.48. The highest BCUT2D eigenvalue weighted by molar-refractivity contribution is 5.74. The summed E-state index contributed by atoms with van der Waals surface area (Å²) in [6.07, 6.45) is 9.79. The highest BCUT2D eigenvalue weighted by Gasteiger charge is 2.37. The molecule has 0 aromatic carbocycles. The molecule has 5 rings (SSSR count). The molecule has 2 N–H and O–H groups in total. The SMILES string of the molecule is CC[C@H]1C[C@@H](Nc2cnc(C#N)cn2)C[C@@H]1c1nnc2cnc3[nH]ccc3n12. The molecule has 0 spiro atoms. The molecule has 3 atom stereocenters. The molecule has 0 radical (unpaired) electrons. The second-order valence-electron chi connectivity index (χ2n) is 7.21. The molecule has 1 fully saturated rings. The van der Waals surface area contributed by atoms with Crippen LogP contribution in [0.25, 0.3) is 16.8 Å². The van der Waals surface area contributed by atoms with Gasteiger partial charge in [0.25, 0.3) is 0 Å². The fourth-order valence-corrected chi connectivity index (χ4v) is 4.32. The lowest BCUT2D eigenvalue weighted by molar-refractivity contribution is 0.451. The maximum atomic E-state index is 8.87. The number of aromatic nitrogens is 7. The van der Waals surface area contributed by atoms with Crippen LogP contribution in [-0.4, -0.2) is 40.6 Å². The molecule has 1 aliphatic rings. The van der Waals surface area contributed by atoms with Crippen molar-refractivity contribution in [1.29, 1.82) is 5.26 Å². The van der Waals surface area contributed by atoms with Crippen molar-refractivity contribution in [2.24, 2.45) is 5.92 Å². The summed E-state index contributed by atoms with van der Waals surface area (Å²) < 4.78 is 2.12. The van der Waals surface area contributed by atoms with E-state index in [1.54, 1.807) is 12.4 Å². The summed E-state index contributed by atoms with van der Waals surface area (Å²) >= 11 is 0. The maximum Gasteiger partial charge on any atom is 0.179 e. The van der Waals surface area contributed by atoms with Crippen LogP contribution in [0.1, 0.15) is 43.6 Å². The molecule has 4 aromatic rings. The fraction of sp³-hybridized carbons (Fsp3) is 0.368. The Balaban J connectivity index is 1.46. The third-order valence-electron chi connectivity index (χ3n) is 5.64. The summed E-state index contributed by atoms with van der Waals surface area (Å²) in [5, 5.41) is 21.2. The van der Waals surface area contributed by atoms with Crippen molar-refractivity contribution in [3.8, 4) is 6.07 Å². The smallest absolute Gasteiger partial charge is 0.179 e. The lowest BCUT2D eigenvalue weighted by atomic mass is 9.93. The van der Waals surface area contributed by atoms with E-state index >= 15 is 0 Å². The molecule has 0 unspecified atom stereocenters. The fourth-order valence-electron chi connectivity index (χ4n) is 4.32. The number of nitrogens with one attached hydrogen (secondary N) is 2. The second-order valence-corrected chi connectivity index (χ2v) is 7.21. The van der Waals surface area contributed by atoms with Crippen molar-refractivity contribution in [2.75, 3.05) is 5.32 Å². The van der Waals surface area contributed by atoms with Gasteiger partial charge in [-0.25, -0.2) is 15.0 Å². The van der Waals surface area contributed by atoms with Gasteiger partial charge in [-0.05, 0) is 24.8 Å². The first-order chi connectivity index (χ1) is 13.8. The van der Waals surface area contributed by atoms with Crippen LogP contribution >= 0.6 is 0 Å². The minimum absolute atomic E-state index is 0.271. The summed E-state index contributed by atoms with van der Waals surface area (Å²) in [4.78, 5) is 15.9.